The van der Waals surface area contributed by atoms with Gasteiger partial charge in [0.15, 0.2) is 4.77 Å². The highest BCUT2D eigenvalue weighted by molar-refractivity contribution is 7.71. The molecule has 100 valence electrons. The molecule has 1 aromatic carbocycles. The quantitative estimate of drug-likeness (QED) is 0.501. The molecule has 6 nitrogen and oxygen atoms in total. The summed E-state index contributed by atoms with van der Waals surface area (Å²) in [6.45, 7) is 0. The summed E-state index contributed by atoms with van der Waals surface area (Å²) in [7, 11) is 0. The fourth-order valence-electron chi connectivity index (χ4n) is 1.64. The predicted molar refractivity (Wildman–Crippen MR) is 80.8 cm³/mol. The summed E-state index contributed by atoms with van der Waals surface area (Å²) in [5.41, 5.74) is 0.351. The van der Waals surface area contributed by atoms with E-state index < -0.39 is 5.56 Å². The van der Waals surface area contributed by atoms with Gasteiger partial charge >= 0.3 is 0 Å². The van der Waals surface area contributed by atoms with Crippen LogP contribution in [0.4, 0.5) is 5.13 Å². The van der Waals surface area contributed by atoms with Crippen LogP contribution in [0.1, 0.15) is 5.56 Å². The first-order valence-electron chi connectivity index (χ1n) is 5.59. The lowest BCUT2D eigenvalue weighted by molar-refractivity contribution is 0.449. The molecule has 0 saturated heterocycles. The SMILES string of the molecule is O=c1[nH]c(=S)[nH]c(O)c1/C=N/c1nc2ccccc2s1. The van der Waals surface area contributed by atoms with Gasteiger partial charge in [-0.15, -0.1) is 0 Å². The van der Waals surface area contributed by atoms with Crippen molar-refractivity contribution in [3.63, 3.8) is 0 Å². The Morgan fingerprint density at radius 3 is 2.90 bits per heavy atom. The lowest BCUT2D eigenvalue weighted by atomic mass is 10.3. The Labute approximate surface area is 121 Å². The van der Waals surface area contributed by atoms with E-state index in [4.69, 9.17) is 12.2 Å². The zero-order chi connectivity index (χ0) is 14.1. The number of thiazole rings is 1. The van der Waals surface area contributed by atoms with Crippen LogP contribution in [0.15, 0.2) is 34.1 Å². The van der Waals surface area contributed by atoms with Crippen molar-refractivity contribution in [2.24, 2.45) is 4.99 Å². The van der Waals surface area contributed by atoms with Gasteiger partial charge in [-0.3, -0.25) is 9.78 Å². The summed E-state index contributed by atoms with van der Waals surface area (Å²) >= 11 is 6.14. The van der Waals surface area contributed by atoms with Crippen molar-refractivity contribution in [3.05, 3.63) is 45.0 Å². The number of hydrogen-bond acceptors (Lipinski definition) is 6. The molecule has 0 fully saturated rings. The Kier molecular flexibility index (Phi) is 3.17. The zero-order valence-electron chi connectivity index (χ0n) is 9.95. The standard InChI is InChI=1S/C12H8N4O2S2/c17-9-6(10(18)16-11(19)15-9)5-13-12-14-7-3-1-2-4-8(7)20-12/h1-5H,(H3,15,16,17,18,19)/b13-5+. The Hall–Kier alpha value is -2.32. The second-order valence-electron chi connectivity index (χ2n) is 3.89. The average molecular weight is 304 g/mol. The first kappa shape index (κ1) is 12.7. The fourth-order valence-corrected chi connectivity index (χ4v) is 2.64. The number of hydrogen-bond donors (Lipinski definition) is 3. The molecule has 0 saturated carbocycles. The van der Waals surface area contributed by atoms with Crippen LogP contribution in [0, 0.1) is 4.77 Å². The van der Waals surface area contributed by atoms with E-state index in [1.807, 2.05) is 24.3 Å². The molecule has 3 aromatic rings. The highest BCUT2D eigenvalue weighted by Gasteiger charge is 2.05. The first-order valence-corrected chi connectivity index (χ1v) is 6.81. The molecule has 0 amide bonds. The molecule has 8 heteroatoms. The monoisotopic (exact) mass is 304 g/mol. The number of nitrogens with zero attached hydrogens (tertiary/aromatic N) is 2. The molecule has 0 aliphatic rings. The summed E-state index contributed by atoms with van der Waals surface area (Å²) in [6, 6.07) is 7.64. The summed E-state index contributed by atoms with van der Waals surface area (Å²) in [5, 5.41) is 10.1. The molecule has 2 aromatic heterocycles. The summed E-state index contributed by atoms with van der Waals surface area (Å²) in [4.78, 5) is 24.9. The Morgan fingerprint density at radius 2 is 2.15 bits per heavy atom. The van der Waals surface area contributed by atoms with Crippen molar-refractivity contribution in [2.45, 2.75) is 0 Å². The maximum Gasteiger partial charge on any atom is 0.264 e. The largest absolute Gasteiger partial charge is 0.494 e. The zero-order valence-corrected chi connectivity index (χ0v) is 11.6. The number of para-hydroxylation sites is 1. The van der Waals surface area contributed by atoms with Crippen molar-refractivity contribution >= 4 is 45.1 Å². The second-order valence-corrected chi connectivity index (χ2v) is 5.31. The number of aromatic hydroxyl groups is 1. The molecule has 0 aliphatic carbocycles. The normalized spacial score (nSPS) is 11.4. The van der Waals surface area contributed by atoms with Crippen molar-refractivity contribution in [1.29, 1.82) is 0 Å². The van der Waals surface area contributed by atoms with Crippen LogP contribution in [0.2, 0.25) is 0 Å². The molecular formula is C12H8N4O2S2. The van der Waals surface area contributed by atoms with Crippen LogP contribution in [0.5, 0.6) is 5.88 Å². The van der Waals surface area contributed by atoms with Gasteiger partial charge in [-0.1, -0.05) is 23.5 Å². The smallest absolute Gasteiger partial charge is 0.264 e. The summed E-state index contributed by atoms with van der Waals surface area (Å²) in [5.74, 6) is -0.316. The molecule has 0 aliphatic heterocycles. The molecule has 0 spiro atoms. The topological polar surface area (TPSA) is 94.1 Å². The van der Waals surface area contributed by atoms with Crippen LogP contribution in [-0.2, 0) is 0 Å². The third kappa shape index (κ3) is 2.38. The van der Waals surface area contributed by atoms with Gasteiger partial charge in [0.05, 0.1) is 10.2 Å². The van der Waals surface area contributed by atoms with Gasteiger partial charge in [0.1, 0.15) is 5.56 Å². The van der Waals surface area contributed by atoms with Crippen LogP contribution in [0.25, 0.3) is 10.2 Å². The van der Waals surface area contributed by atoms with Crippen LogP contribution < -0.4 is 5.56 Å². The minimum Gasteiger partial charge on any atom is -0.494 e. The number of aromatic nitrogens is 3. The van der Waals surface area contributed by atoms with Gasteiger partial charge in [0.2, 0.25) is 11.0 Å². The molecule has 2 heterocycles. The number of benzene rings is 1. The van der Waals surface area contributed by atoms with Crippen molar-refractivity contribution in [3.8, 4) is 5.88 Å². The van der Waals surface area contributed by atoms with Gasteiger partial charge in [0, 0.05) is 6.21 Å². The Balaban J connectivity index is 2.02. The van der Waals surface area contributed by atoms with Gasteiger partial charge in [-0.25, -0.2) is 9.98 Å². The third-order valence-electron chi connectivity index (χ3n) is 2.55. The van der Waals surface area contributed by atoms with Gasteiger partial charge in [-0.05, 0) is 24.4 Å². The lowest BCUT2D eigenvalue weighted by Gasteiger charge is -1.95. The third-order valence-corrected chi connectivity index (χ3v) is 3.69. The first-order chi connectivity index (χ1) is 9.63. The average Bonchev–Trinajstić information content (AvgIpc) is 2.80. The summed E-state index contributed by atoms with van der Waals surface area (Å²) < 4.78 is 1.06. The van der Waals surface area contributed by atoms with Gasteiger partial charge < -0.3 is 10.1 Å². The predicted octanol–water partition coefficient (Wildman–Crippen LogP) is 2.50. The highest BCUT2D eigenvalue weighted by Crippen LogP contribution is 2.27. The highest BCUT2D eigenvalue weighted by atomic mass is 32.1. The number of rotatable bonds is 2. The van der Waals surface area contributed by atoms with E-state index in [1.54, 1.807) is 0 Å². The van der Waals surface area contributed by atoms with E-state index in [2.05, 4.69) is 19.9 Å². The van der Waals surface area contributed by atoms with Crippen LogP contribution in [-0.4, -0.2) is 26.3 Å². The molecule has 20 heavy (non-hydrogen) atoms. The van der Waals surface area contributed by atoms with Gasteiger partial charge in [0.25, 0.3) is 5.56 Å². The van der Waals surface area contributed by atoms with E-state index in [1.165, 1.54) is 17.6 Å². The Morgan fingerprint density at radius 1 is 1.35 bits per heavy atom. The van der Waals surface area contributed by atoms with Crippen LogP contribution >= 0.6 is 23.6 Å². The van der Waals surface area contributed by atoms with Gasteiger partial charge in [-0.2, -0.15) is 0 Å². The summed E-state index contributed by atoms with van der Waals surface area (Å²) in [6.07, 6.45) is 1.26. The Bertz CT molecular complexity index is 890. The van der Waals surface area contributed by atoms with Crippen molar-refractivity contribution in [2.75, 3.05) is 0 Å². The maximum atomic E-state index is 11.6. The number of H-pyrrole nitrogens is 2. The van der Waals surface area contributed by atoms with E-state index in [-0.39, 0.29) is 16.2 Å². The van der Waals surface area contributed by atoms with E-state index in [9.17, 15) is 9.90 Å². The van der Waals surface area contributed by atoms with E-state index in [0.29, 0.717) is 5.13 Å². The lowest BCUT2D eigenvalue weighted by Crippen LogP contribution is -2.13. The molecule has 0 radical (unpaired) electrons. The maximum absolute atomic E-state index is 11.6. The molecule has 0 unspecified atom stereocenters. The van der Waals surface area contributed by atoms with E-state index in [0.717, 1.165) is 10.2 Å². The molecule has 0 atom stereocenters. The molecule has 0 bridgehead atoms. The number of fused-ring (bicyclic) bond motifs is 1. The van der Waals surface area contributed by atoms with Crippen molar-refractivity contribution < 1.29 is 5.11 Å². The fraction of sp³-hybridized carbons (Fsp3) is 0. The second kappa shape index (κ2) is 4.99. The molecular weight excluding hydrogens is 296 g/mol. The molecule has 3 N–H and O–H groups in total. The minimum atomic E-state index is -0.504. The number of aromatic amines is 2. The minimum absolute atomic E-state index is 0.0119. The number of nitrogens with one attached hydrogen (secondary N) is 2. The van der Waals surface area contributed by atoms with Crippen molar-refractivity contribution in [1.82, 2.24) is 15.0 Å². The van der Waals surface area contributed by atoms with Crippen LogP contribution in [0.3, 0.4) is 0 Å². The van der Waals surface area contributed by atoms with E-state index >= 15 is 0 Å². The molecule has 3 rings (SSSR count). The number of aliphatic imine (C=N–C) groups is 1.